The number of benzene rings is 2. The largest absolute Gasteiger partial charge is 0.416 e. The lowest BCUT2D eigenvalue weighted by Gasteiger charge is -2.36. The van der Waals surface area contributed by atoms with Gasteiger partial charge in [0.2, 0.25) is 0 Å². The number of anilines is 1. The van der Waals surface area contributed by atoms with Gasteiger partial charge in [-0.15, -0.1) is 0 Å². The lowest BCUT2D eigenvalue weighted by molar-refractivity contribution is -0.137. The summed E-state index contributed by atoms with van der Waals surface area (Å²) in [6.45, 7) is 5.55. The van der Waals surface area contributed by atoms with Gasteiger partial charge in [0.15, 0.2) is 11.6 Å². The number of aromatic nitrogens is 3. The molecular weight excluding hydrogens is 493 g/mol. The average molecular weight is 523 g/mol. The van der Waals surface area contributed by atoms with Gasteiger partial charge in [0, 0.05) is 44.7 Å². The van der Waals surface area contributed by atoms with Crippen LogP contribution >= 0.6 is 0 Å². The third kappa shape index (κ3) is 5.57. The minimum absolute atomic E-state index is 0.0619. The van der Waals surface area contributed by atoms with Crippen LogP contribution in [0.25, 0.3) is 22.4 Å². The van der Waals surface area contributed by atoms with Gasteiger partial charge in [0.1, 0.15) is 11.3 Å². The molecule has 2 aromatic heterocycles. The summed E-state index contributed by atoms with van der Waals surface area (Å²) in [6.07, 6.45) is -2.06. The molecule has 1 saturated heterocycles. The molecule has 1 aliphatic rings. The zero-order chi connectivity index (χ0) is 27.0. The van der Waals surface area contributed by atoms with Crippen molar-refractivity contribution in [2.24, 2.45) is 7.05 Å². The first-order valence-corrected chi connectivity index (χ1v) is 12.6. The van der Waals surface area contributed by atoms with Crippen molar-refractivity contribution in [3.63, 3.8) is 0 Å². The number of morpholine rings is 1. The molecule has 1 aliphatic heterocycles. The summed E-state index contributed by atoms with van der Waals surface area (Å²) in [4.78, 5) is 24.8. The molecule has 0 spiro atoms. The smallest absolute Gasteiger partial charge is 0.372 e. The van der Waals surface area contributed by atoms with Crippen LogP contribution in [0.2, 0.25) is 0 Å². The van der Waals surface area contributed by atoms with Crippen LogP contribution < -0.4 is 4.90 Å². The van der Waals surface area contributed by atoms with Gasteiger partial charge in [-0.05, 0) is 49.2 Å². The molecule has 2 aromatic carbocycles. The second-order valence-corrected chi connectivity index (χ2v) is 9.98. The maximum absolute atomic E-state index is 12.8. The summed E-state index contributed by atoms with van der Waals surface area (Å²) in [7, 11) is 1.98. The van der Waals surface area contributed by atoms with Gasteiger partial charge >= 0.3 is 6.18 Å². The summed E-state index contributed by atoms with van der Waals surface area (Å²) in [6, 6.07) is 14.3. The third-order valence-electron chi connectivity index (χ3n) is 6.69. The molecule has 0 radical (unpaired) electrons. The standard InChI is InChI=1S/C29H29F3N4O2/c1-18-16-36(17-19(2)38-18)28-26-25(11-12-35(26)3)33-27(34-28)22-6-4-5-21(13-22)15-24(37)14-20-7-9-23(10-8-20)29(30,31)32/h4-13,18-19H,14-17H2,1-3H3. The van der Waals surface area contributed by atoms with Crippen LogP contribution in [-0.4, -0.2) is 45.6 Å². The maximum atomic E-state index is 12.8. The number of fused-ring (bicyclic) bond motifs is 1. The number of rotatable bonds is 6. The van der Waals surface area contributed by atoms with Crippen molar-refractivity contribution in [3.05, 3.63) is 77.5 Å². The average Bonchev–Trinajstić information content (AvgIpc) is 3.23. The Hall–Kier alpha value is -3.72. The fraction of sp³-hybridized carbons (Fsp3) is 0.345. The van der Waals surface area contributed by atoms with E-state index < -0.39 is 11.7 Å². The first kappa shape index (κ1) is 25.9. The third-order valence-corrected chi connectivity index (χ3v) is 6.69. The molecule has 5 rings (SSSR count). The van der Waals surface area contributed by atoms with Crippen molar-refractivity contribution in [2.75, 3.05) is 18.0 Å². The van der Waals surface area contributed by atoms with Crippen LogP contribution in [-0.2, 0) is 35.6 Å². The Morgan fingerprint density at radius 3 is 2.34 bits per heavy atom. The van der Waals surface area contributed by atoms with E-state index in [0.29, 0.717) is 11.4 Å². The Bertz CT molecular complexity index is 1450. The molecule has 4 aromatic rings. The van der Waals surface area contributed by atoms with E-state index in [1.54, 1.807) is 0 Å². The van der Waals surface area contributed by atoms with Gasteiger partial charge in [-0.25, -0.2) is 9.97 Å². The number of ketones is 1. The van der Waals surface area contributed by atoms with Crippen LogP contribution in [0.5, 0.6) is 0 Å². The summed E-state index contributed by atoms with van der Waals surface area (Å²) < 4.78 is 46.4. The predicted octanol–water partition coefficient (Wildman–Crippen LogP) is 5.62. The predicted molar refractivity (Wildman–Crippen MR) is 140 cm³/mol. The van der Waals surface area contributed by atoms with Gasteiger partial charge in [-0.2, -0.15) is 13.2 Å². The van der Waals surface area contributed by atoms with Crippen LogP contribution in [0.4, 0.5) is 19.0 Å². The van der Waals surface area contributed by atoms with E-state index in [-0.39, 0.29) is 30.8 Å². The summed E-state index contributed by atoms with van der Waals surface area (Å²) in [5, 5.41) is 0. The second-order valence-electron chi connectivity index (χ2n) is 9.98. The monoisotopic (exact) mass is 522 g/mol. The zero-order valence-electron chi connectivity index (χ0n) is 21.5. The molecule has 3 heterocycles. The van der Waals surface area contributed by atoms with E-state index in [9.17, 15) is 18.0 Å². The highest BCUT2D eigenvalue weighted by molar-refractivity contribution is 5.89. The molecule has 1 fully saturated rings. The van der Waals surface area contributed by atoms with Crippen molar-refractivity contribution in [3.8, 4) is 11.4 Å². The molecule has 0 N–H and O–H groups in total. The topological polar surface area (TPSA) is 60.2 Å². The number of hydrogen-bond donors (Lipinski definition) is 0. The number of alkyl halides is 3. The van der Waals surface area contributed by atoms with Gasteiger partial charge in [0.05, 0.1) is 23.3 Å². The van der Waals surface area contributed by atoms with Gasteiger partial charge in [0.25, 0.3) is 0 Å². The number of halogens is 3. The van der Waals surface area contributed by atoms with E-state index >= 15 is 0 Å². The summed E-state index contributed by atoms with van der Waals surface area (Å²) >= 11 is 0. The lowest BCUT2D eigenvalue weighted by atomic mass is 10.0. The Labute approximate surface area is 219 Å². The minimum Gasteiger partial charge on any atom is -0.372 e. The molecule has 198 valence electrons. The SMILES string of the molecule is CC1CN(c2nc(-c3cccc(CC(=O)Cc4ccc(C(F)(F)F)cc4)c3)nc3ccn(C)c23)CC(C)O1. The fourth-order valence-electron chi connectivity index (χ4n) is 5.02. The molecule has 0 bridgehead atoms. The van der Waals surface area contributed by atoms with Crippen LogP contribution in [0.1, 0.15) is 30.5 Å². The van der Waals surface area contributed by atoms with Crippen LogP contribution in [0, 0.1) is 0 Å². The summed E-state index contributed by atoms with van der Waals surface area (Å²) in [5.74, 6) is 1.34. The van der Waals surface area contributed by atoms with Crippen molar-refractivity contribution < 1.29 is 22.7 Å². The molecule has 0 aliphatic carbocycles. The van der Waals surface area contributed by atoms with Gasteiger partial charge in [-0.3, -0.25) is 4.79 Å². The quantitative estimate of drug-likeness (QED) is 0.329. The normalized spacial score (nSPS) is 18.2. The molecule has 2 unspecified atom stereocenters. The zero-order valence-corrected chi connectivity index (χ0v) is 21.5. The molecular formula is C29H29F3N4O2. The highest BCUT2D eigenvalue weighted by Crippen LogP contribution is 2.31. The molecule has 0 amide bonds. The second kappa shape index (κ2) is 10.2. The van der Waals surface area contributed by atoms with Gasteiger partial charge < -0.3 is 14.2 Å². The van der Waals surface area contributed by atoms with Crippen molar-refractivity contribution >= 4 is 22.6 Å². The van der Waals surface area contributed by atoms with E-state index in [1.807, 2.05) is 48.1 Å². The van der Waals surface area contributed by atoms with E-state index in [2.05, 4.69) is 18.7 Å². The number of ether oxygens (including phenoxy) is 1. The Morgan fingerprint density at radius 2 is 1.66 bits per heavy atom. The summed E-state index contributed by atoms with van der Waals surface area (Å²) in [5.41, 5.74) is 3.21. The first-order valence-electron chi connectivity index (χ1n) is 12.6. The number of hydrogen-bond acceptors (Lipinski definition) is 5. The Morgan fingerprint density at radius 1 is 0.974 bits per heavy atom. The van der Waals surface area contributed by atoms with Gasteiger partial charge in [-0.1, -0.05) is 30.3 Å². The van der Waals surface area contributed by atoms with Crippen LogP contribution in [0.3, 0.4) is 0 Å². The fourth-order valence-corrected chi connectivity index (χ4v) is 5.02. The molecule has 9 heteroatoms. The highest BCUT2D eigenvalue weighted by atomic mass is 19.4. The van der Waals surface area contributed by atoms with E-state index in [4.69, 9.17) is 14.7 Å². The molecule has 0 saturated carbocycles. The number of nitrogens with zero attached hydrogens (tertiary/aromatic N) is 4. The number of carbonyl (C=O) groups excluding carboxylic acids is 1. The van der Waals surface area contributed by atoms with Crippen molar-refractivity contribution in [2.45, 2.75) is 45.1 Å². The highest BCUT2D eigenvalue weighted by Gasteiger charge is 2.30. The Kier molecular flexibility index (Phi) is 6.96. The molecule has 38 heavy (non-hydrogen) atoms. The molecule has 6 nitrogen and oxygen atoms in total. The number of aryl methyl sites for hydroxylation is 1. The Balaban J connectivity index is 1.39. The molecule has 2 atom stereocenters. The maximum Gasteiger partial charge on any atom is 0.416 e. The first-order chi connectivity index (χ1) is 18.1. The van der Waals surface area contributed by atoms with Crippen molar-refractivity contribution in [1.29, 1.82) is 0 Å². The minimum atomic E-state index is -4.40. The van der Waals surface area contributed by atoms with Crippen LogP contribution in [0.15, 0.2) is 60.8 Å². The lowest BCUT2D eigenvalue weighted by Crippen LogP contribution is -2.46. The van der Waals surface area contributed by atoms with Crippen molar-refractivity contribution in [1.82, 2.24) is 14.5 Å². The van der Waals surface area contributed by atoms with E-state index in [1.165, 1.54) is 12.1 Å². The number of Topliss-reactive ketones (excluding diaryl/α,β-unsaturated/α-hetero) is 1. The van der Waals surface area contributed by atoms with E-state index in [0.717, 1.165) is 53.2 Å². The number of carbonyl (C=O) groups is 1.